The third kappa shape index (κ3) is 4.51. The molecule has 0 bridgehead atoms. The second-order valence-electron chi connectivity index (χ2n) is 4.38. The molecule has 0 spiro atoms. The number of ether oxygens (including phenoxy) is 1. The molecular weight excluding hydrogens is 363 g/mol. The van der Waals surface area contributed by atoms with Crippen molar-refractivity contribution in [2.75, 3.05) is 17.7 Å². The minimum absolute atomic E-state index is 0.243. The Morgan fingerprint density at radius 2 is 1.61 bits per heavy atom. The minimum Gasteiger partial charge on any atom is -0.495 e. The zero-order valence-electron chi connectivity index (χ0n) is 11.8. The van der Waals surface area contributed by atoms with Gasteiger partial charge in [-0.1, -0.05) is 34.8 Å². The number of nitrogens with one attached hydrogen (secondary N) is 2. The molecule has 23 heavy (non-hydrogen) atoms. The van der Waals surface area contributed by atoms with Crippen LogP contribution in [0.5, 0.6) is 5.75 Å². The first-order valence-corrected chi connectivity index (χ1v) is 7.45. The Kier molecular flexibility index (Phi) is 5.71. The van der Waals surface area contributed by atoms with Gasteiger partial charge in [0.1, 0.15) is 5.75 Å². The number of carbonyl (C=O) groups is 2. The van der Waals surface area contributed by atoms with Crippen molar-refractivity contribution in [1.82, 2.24) is 0 Å². The number of hydrogen-bond donors (Lipinski definition) is 2. The Balaban J connectivity index is 2.07. The van der Waals surface area contributed by atoms with E-state index in [4.69, 9.17) is 39.5 Å². The SMILES string of the molecule is COc1ccc(NC(=O)C(=O)Nc2cc(Cl)ccc2Cl)cc1Cl. The van der Waals surface area contributed by atoms with Crippen LogP contribution >= 0.6 is 34.8 Å². The van der Waals surface area contributed by atoms with Crippen LogP contribution in [0.1, 0.15) is 0 Å². The summed E-state index contributed by atoms with van der Waals surface area (Å²) in [6.07, 6.45) is 0. The molecule has 2 aromatic carbocycles. The zero-order chi connectivity index (χ0) is 17.0. The van der Waals surface area contributed by atoms with E-state index in [1.807, 2.05) is 0 Å². The second kappa shape index (κ2) is 7.55. The van der Waals surface area contributed by atoms with Crippen LogP contribution < -0.4 is 15.4 Å². The molecule has 0 heterocycles. The first-order valence-electron chi connectivity index (χ1n) is 6.31. The molecule has 8 heteroatoms. The van der Waals surface area contributed by atoms with Gasteiger partial charge in [-0.2, -0.15) is 0 Å². The second-order valence-corrected chi connectivity index (χ2v) is 5.63. The molecule has 2 aromatic rings. The first-order chi connectivity index (χ1) is 10.9. The number of anilines is 2. The van der Waals surface area contributed by atoms with E-state index in [0.29, 0.717) is 21.5 Å². The van der Waals surface area contributed by atoms with Gasteiger partial charge in [-0.15, -0.1) is 0 Å². The van der Waals surface area contributed by atoms with Crippen molar-refractivity contribution in [1.29, 1.82) is 0 Å². The molecule has 2 amide bonds. The van der Waals surface area contributed by atoms with Crippen molar-refractivity contribution in [3.63, 3.8) is 0 Å². The maximum Gasteiger partial charge on any atom is 0.314 e. The van der Waals surface area contributed by atoms with Gasteiger partial charge < -0.3 is 15.4 Å². The van der Waals surface area contributed by atoms with E-state index in [9.17, 15) is 9.59 Å². The predicted molar refractivity (Wildman–Crippen MR) is 91.7 cm³/mol. The average molecular weight is 374 g/mol. The Bertz CT molecular complexity index is 766. The Labute approximate surface area is 147 Å². The van der Waals surface area contributed by atoms with Crippen LogP contribution in [0, 0.1) is 0 Å². The highest BCUT2D eigenvalue weighted by Gasteiger charge is 2.16. The lowest BCUT2D eigenvalue weighted by molar-refractivity contribution is -0.132. The lowest BCUT2D eigenvalue weighted by Crippen LogP contribution is -2.29. The molecule has 2 rings (SSSR count). The van der Waals surface area contributed by atoms with Crippen molar-refractivity contribution < 1.29 is 14.3 Å². The molecular formula is C15H11Cl3N2O3. The Morgan fingerprint density at radius 1 is 0.913 bits per heavy atom. The van der Waals surface area contributed by atoms with E-state index < -0.39 is 11.8 Å². The summed E-state index contributed by atoms with van der Waals surface area (Å²) >= 11 is 17.7. The molecule has 0 unspecified atom stereocenters. The summed E-state index contributed by atoms with van der Waals surface area (Å²) in [6, 6.07) is 9.13. The van der Waals surface area contributed by atoms with Crippen LogP contribution in [0.25, 0.3) is 0 Å². The number of halogens is 3. The fourth-order valence-electron chi connectivity index (χ4n) is 1.70. The van der Waals surface area contributed by atoms with Crippen molar-refractivity contribution in [2.45, 2.75) is 0 Å². The highest BCUT2D eigenvalue weighted by molar-refractivity contribution is 6.45. The molecule has 0 radical (unpaired) electrons. The van der Waals surface area contributed by atoms with Gasteiger partial charge in [-0.05, 0) is 36.4 Å². The average Bonchev–Trinajstić information content (AvgIpc) is 2.51. The summed E-state index contributed by atoms with van der Waals surface area (Å²) < 4.78 is 5.00. The van der Waals surface area contributed by atoms with Gasteiger partial charge in [0, 0.05) is 10.7 Å². The molecule has 0 saturated heterocycles. The van der Waals surface area contributed by atoms with Crippen LogP contribution in [0.15, 0.2) is 36.4 Å². The van der Waals surface area contributed by atoms with Crippen molar-refractivity contribution in [2.24, 2.45) is 0 Å². The topological polar surface area (TPSA) is 67.4 Å². The minimum atomic E-state index is -0.888. The van der Waals surface area contributed by atoms with Crippen LogP contribution in [0.3, 0.4) is 0 Å². The standard InChI is InChI=1S/C15H11Cl3N2O3/c1-23-13-5-3-9(7-11(13)18)19-14(21)15(22)20-12-6-8(16)2-4-10(12)17/h2-7H,1H3,(H,19,21)(H,20,22). The number of hydrogen-bond acceptors (Lipinski definition) is 3. The third-order valence-electron chi connectivity index (χ3n) is 2.79. The fraction of sp³-hybridized carbons (Fsp3) is 0.0667. The van der Waals surface area contributed by atoms with Gasteiger partial charge in [0.15, 0.2) is 0 Å². The van der Waals surface area contributed by atoms with Crippen molar-refractivity contribution >= 4 is 58.0 Å². The summed E-state index contributed by atoms with van der Waals surface area (Å²) in [5.74, 6) is -1.30. The van der Waals surface area contributed by atoms with Gasteiger partial charge in [-0.25, -0.2) is 0 Å². The van der Waals surface area contributed by atoms with Crippen molar-refractivity contribution in [3.05, 3.63) is 51.5 Å². The van der Waals surface area contributed by atoms with E-state index in [2.05, 4.69) is 10.6 Å². The lowest BCUT2D eigenvalue weighted by atomic mass is 10.3. The summed E-state index contributed by atoms with van der Waals surface area (Å²) in [5, 5.41) is 5.76. The van der Waals surface area contributed by atoms with Crippen LogP contribution in [0.4, 0.5) is 11.4 Å². The Hall–Kier alpha value is -1.95. The molecule has 0 saturated carbocycles. The lowest BCUT2D eigenvalue weighted by Gasteiger charge is -2.09. The van der Waals surface area contributed by atoms with E-state index >= 15 is 0 Å². The van der Waals surface area contributed by atoms with Gasteiger partial charge in [-0.3, -0.25) is 9.59 Å². The molecule has 5 nitrogen and oxygen atoms in total. The monoisotopic (exact) mass is 372 g/mol. The first kappa shape index (κ1) is 17.4. The summed E-state index contributed by atoms with van der Waals surface area (Å²) in [7, 11) is 1.47. The van der Waals surface area contributed by atoms with Gasteiger partial charge in [0.25, 0.3) is 0 Å². The maximum absolute atomic E-state index is 11.9. The highest BCUT2D eigenvalue weighted by Crippen LogP contribution is 2.27. The van der Waals surface area contributed by atoms with E-state index in [-0.39, 0.29) is 10.7 Å². The number of carbonyl (C=O) groups excluding carboxylic acids is 2. The zero-order valence-corrected chi connectivity index (χ0v) is 14.1. The molecule has 2 N–H and O–H groups in total. The van der Waals surface area contributed by atoms with Crippen LogP contribution in [0.2, 0.25) is 15.1 Å². The summed E-state index contributed by atoms with van der Waals surface area (Å²) in [6.45, 7) is 0. The van der Waals surface area contributed by atoms with E-state index in [1.54, 1.807) is 18.2 Å². The molecule has 0 aliphatic carbocycles. The number of rotatable bonds is 3. The van der Waals surface area contributed by atoms with E-state index in [0.717, 1.165) is 0 Å². The highest BCUT2D eigenvalue weighted by atomic mass is 35.5. The molecule has 0 aromatic heterocycles. The van der Waals surface area contributed by atoms with Gasteiger partial charge >= 0.3 is 11.8 Å². The predicted octanol–water partition coefficient (Wildman–Crippen LogP) is 4.23. The van der Waals surface area contributed by atoms with Crippen LogP contribution in [-0.4, -0.2) is 18.9 Å². The molecule has 0 aliphatic rings. The fourth-order valence-corrected chi connectivity index (χ4v) is 2.30. The quantitative estimate of drug-likeness (QED) is 0.791. The van der Waals surface area contributed by atoms with Crippen LogP contribution in [-0.2, 0) is 9.59 Å². The van der Waals surface area contributed by atoms with Gasteiger partial charge in [0.2, 0.25) is 0 Å². The summed E-state index contributed by atoms with van der Waals surface area (Å²) in [4.78, 5) is 23.8. The molecule has 0 atom stereocenters. The Morgan fingerprint density at radius 3 is 2.26 bits per heavy atom. The number of benzene rings is 2. The molecule has 0 fully saturated rings. The third-order valence-corrected chi connectivity index (χ3v) is 3.65. The number of methoxy groups -OCH3 is 1. The molecule has 0 aliphatic heterocycles. The summed E-state index contributed by atoms with van der Waals surface area (Å²) in [5.41, 5.74) is 0.597. The largest absolute Gasteiger partial charge is 0.495 e. The smallest absolute Gasteiger partial charge is 0.314 e. The normalized spacial score (nSPS) is 10.1. The molecule has 120 valence electrons. The van der Waals surface area contributed by atoms with Crippen molar-refractivity contribution in [3.8, 4) is 5.75 Å². The van der Waals surface area contributed by atoms with Gasteiger partial charge in [0.05, 0.1) is 22.8 Å². The van der Waals surface area contributed by atoms with E-state index in [1.165, 1.54) is 25.3 Å². The number of amides is 2. The maximum atomic E-state index is 11.9.